The molecular formula is C13H17NO2. The molecule has 0 saturated heterocycles. The molecule has 1 fully saturated rings. The number of hydrogen-bond donors (Lipinski definition) is 1. The third-order valence-electron chi connectivity index (χ3n) is 3.13. The monoisotopic (exact) mass is 219 g/mol. The van der Waals surface area contributed by atoms with Gasteiger partial charge >= 0.3 is 0 Å². The Bertz CT molecular complexity index is 344. The van der Waals surface area contributed by atoms with Crippen LogP contribution in [0.5, 0.6) is 0 Å². The van der Waals surface area contributed by atoms with Gasteiger partial charge < -0.3 is 10.0 Å². The zero-order valence-corrected chi connectivity index (χ0v) is 9.30. The fourth-order valence-electron chi connectivity index (χ4n) is 2.39. The van der Waals surface area contributed by atoms with Crippen molar-refractivity contribution in [2.24, 2.45) is 0 Å². The number of carbonyl (C=O) groups is 1. The molecule has 0 bridgehead atoms. The van der Waals surface area contributed by atoms with E-state index >= 15 is 0 Å². The molecule has 86 valence electrons. The molecule has 1 aliphatic carbocycles. The highest BCUT2D eigenvalue weighted by molar-refractivity contribution is 5.94. The summed E-state index contributed by atoms with van der Waals surface area (Å²) in [5.74, 6) is -0.196. The van der Waals surface area contributed by atoms with E-state index in [0.717, 1.165) is 18.5 Å². The van der Waals surface area contributed by atoms with E-state index in [2.05, 4.69) is 0 Å². The molecule has 0 aromatic heterocycles. The maximum Gasteiger partial charge on any atom is 0.252 e. The van der Waals surface area contributed by atoms with Gasteiger partial charge in [0.25, 0.3) is 5.91 Å². The smallest absolute Gasteiger partial charge is 0.252 e. The van der Waals surface area contributed by atoms with Gasteiger partial charge in [0.2, 0.25) is 0 Å². The van der Waals surface area contributed by atoms with Crippen LogP contribution in [0.1, 0.15) is 25.7 Å². The van der Waals surface area contributed by atoms with Gasteiger partial charge in [0.05, 0.1) is 0 Å². The molecule has 0 aliphatic heterocycles. The van der Waals surface area contributed by atoms with Crippen LogP contribution in [0.4, 0.5) is 5.69 Å². The lowest BCUT2D eigenvalue weighted by Crippen LogP contribution is -2.40. The Morgan fingerprint density at radius 1 is 1.25 bits per heavy atom. The first kappa shape index (κ1) is 11.1. The van der Waals surface area contributed by atoms with Gasteiger partial charge in [-0.1, -0.05) is 31.0 Å². The number of carbonyl (C=O) groups excluding carboxylic acids is 1. The summed E-state index contributed by atoms with van der Waals surface area (Å²) in [5.41, 5.74) is 0.897. The number of rotatable bonds is 3. The molecule has 1 aliphatic rings. The number of amides is 1. The normalized spacial score (nSPS) is 16.3. The van der Waals surface area contributed by atoms with Crippen LogP contribution in [0.15, 0.2) is 30.3 Å². The first-order chi connectivity index (χ1) is 7.83. The van der Waals surface area contributed by atoms with Crippen molar-refractivity contribution in [3.05, 3.63) is 30.3 Å². The lowest BCUT2D eigenvalue weighted by atomic mass is 10.1. The molecular weight excluding hydrogens is 202 g/mol. The molecule has 1 aromatic carbocycles. The third kappa shape index (κ3) is 2.25. The molecule has 1 aromatic rings. The van der Waals surface area contributed by atoms with E-state index in [0.29, 0.717) is 0 Å². The van der Waals surface area contributed by atoms with Crippen LogP contribution in [0, 0.1) is 0 Å². The highest BCUT2D eigenvalue weighted by atomic mass is 16.3. The molecule has 2 rings (SSSR count). The fourth-order valence-corrected chi connectivity index (χ4v) is 2.39. The Morgan fingerprint density at radius 3 is 2.44 bits per heavy atom. The highest BCUT2D eigenvalue weighted by Crippen LogP contribution is 2.28. The molecule has 0 spiro atoms. The summed E-state index contributed by atoms with van der Waals surface area (Å²) in [6.07, 6.45) is 4.43. The lowest BCUT2D eigenvalue weighted by Gasteiger charge is -2.28. The van der Waals surface area contributed by atoms with Gasteiger partial charge in [-0.2, -0.15) is 0 Å². The van der Waals surface area contributed by atoms with Crippen molar-refractivity contribution in [3.8, 4) is 0 Å². The Balaban J connectivity index is 2.24. The van der Waals surface area contributed by atoms with Crippen LogP contribution in [0.3, 0.4) is 0 Å². The maximum absolute atomic E-state index is 11.8. The van der Waals surface area contributed by atoms with E-state index in [1.807, 2.05) is 30.3 Å². The number of anilines is 1. The average molecular weight is 219 g/mol. The van der Waals surface area contributed by atoms with Crippen molar-refractivity contribution in [3.63, 3.8) is 0 Å². The van der Waals surface area contributed by atoms with Gasteiger partial charge in [-0.15, -0.1) is 0 Å². The summed E-state index contributed by atoms with van der Waals surface area (Å²) >= 11 is 0. The number of nitrogens with zero attached hydrogens (tertiary/aromatic N) is 1. The SMILES string of the molecule is O=C(CO)N(c1ccccc1)C1CCCC1. The van der Waals surface area contributed by atoms with Gasteiger partial charge in [-0.3, -0.25) is 4.79 Å². The van der Waals surface area contributed by atoms with Gasteiger partial charge in [0.1, 0.15) is 6.61 Å². The third-order valence-corrected chi connectivity index (χ3v) is 3.13. The van der Waals surface area contributed by atoms with Crippen LogP contribution in [0.25, 0.3) is 0 Å². The van der Waals surface area contributed by atoms with Crippen molar-refractivity contribution in [2.75, 3.05) is 11.5 Å². The van der Waals surface area contributed by atoms with Crippen molar-refractivity contribution in [1.82, 2.24) is 0 Å². The second kappa shape index (κ2) is 5.12. The van der Waals surface area contributed by atoms with Gasteiger partial charge in [-0.25, -0.2) is 0 Å². The van der Waals surface area contributed by atoms with E-state index in [-0.39, 0.29) is 11.9 Å². The quantitative estimate of drug-likeness (QED) is 0.844. The van der Waals surface area contributed by atoms with Crippen LogP contribution >= 0.6 is 0 Å². The minimum Gasteiger partial charge on any atom is -0.387 e. The van der Waals surface area contributed by atoms with Gasteiger partial charge in [0, 0.05) is 11.7 Å². The zero-order chi connectivity index (χ0) is 11.4. The average Bonchev–Trinajstić information content (AvgIpc) is 2.84. The van der Waals surface area contributed by atoms with E-state index in [9.17, 15) is 4.79 Å². The minimum absolute atomic E-state index is 0.196. The Morgan fingerprint density at radius 2 is 1.88 bits per heavy atom. The number of benzene rings is 1. The second-order valence-electron chi connectivity index (χ2n) is 4.20. The standard InChI is InChI=1S/C13H17NO2/c15-10-13(16)14(12-8-4-5-9-12)11-6-2-1-3-7-11/h1-3,6-7,12,15H,4-5,8-10H2. The van der Waals surface area contributed by atoms with Crippen molar-refractivity contribution in [1.29, 1.82) is 0 Å². The first-order valence-corrected chi connectivity index (χ1v) is 5.81. The van der Waals surface area contributed by atoms with Crippen molar-refractivity contribution < 1.29 is 9.90 Å². The minimum atomic E-state index is -0.411. The van der Waals surface area contributed by atoms with E-state index in [1.165, 1.54) is 12.8 Å². The summed E-state index contributed by atoms with van der Waals surface area (Å²) in [4.78, 5) is 13.5. The molecule has 0 unspecified atom stereocenters. The van der Waals surface area contributed by atoms with E-state index in [1.54, 1.807) is 4.90 Å². The van der Waals surface area contributed by atoms with E-state index < -0.39 is 6.61 Å². The van der Waals surface area contributed by atoms with Crippen LogP contribution in [-0.2, 0) is 4.79 Å². The fraction of sp³-hybridized carbons (Fsp3) is 0.462. The molecule has 3 nitrogen and oxygen atoms in total. The molecule has 16 heavy (non-hydrogen) atoms. The summed E-state index contributed by atoms with van der Waals surface area (Å²) < 4.78 is 0. The lowest BCUT2D eigenvalue weighted by molar-refractivity contribution is -0.121. The highest BCUT2D eigenvalue weighted by Gasteiger charge is 2.27. The first-order valence-electron chi connectivity index (χ1n) is 5.81. The topological polar surface area (TPSA) is 40.5 Å². The molecule has 3 heteroatoms. The van der Waals surface area contributed by atoms with Crippen molar-refractivity contribution in [2.45, 2.75) is 31.7 Å². The predicted molar refractivity (Wildman–Crippen MR) is 63.3 cm³/mol. The molecule has 0 atom stereocenters. The van der Waals surface area contributed by atoms with Gasteiger partial charge in [0.15, 0.2) is 0 Å². The molecule has 0 heterocycles. The predicted octanol–water partition coefficient (Wildman–Crippen LogP) is 1.95. The van der Waals surface area contributed by atoms with Crippen LogP contribution in [-0.4, -0.2) is 23.7 Å². The van der Waals surface area contributed by atoms with Crippen molar-refractivity contribution >= 4 is 11.6 Å². The second-order valence-corrected chi connectivity index (χ2v) is 4.20. The van der Waals surface area contributed by atoms with E-state index in [4.69, 9.17) is 5.11 Å². The maximum atomic E-state index is 11.8. The zero-order valence-electron chi connectivity index (χ0n) is 9.30. The summed E-state index contributed by atoms with van der Waals surface area (Å²) in [7, 11) is 0. The number of para-hydroxylation sites is 1. The number of hydrogen-bond acceptors (Lipinski definition) is 2. The molecule has 1 amide bonds. The molecule has 1 N–H and O–H groups in total. The summed E-state index contributed by atoms with van der Waals surface area (Å²) in [6.45, 7) is -0.411. The molecule has 1 saturated carbocycles. The largest absolute Gasteiger partial charge is 0.387 e. The number of aliphatic hydroxyl groups is 1. The number of aliphatic hydroxyl groups excluding tert-OH is 1. The Kier molecular flexibility index (Phi) is 3.57. The molecule has 0 radical (unpaired) electrons. The Labute approximate surface area is 95.7 Å². The van der Waals surface area contributed by atoms with Crippen LogP contribution in [0.2, 0.25) is 0 Å². The van der Waals surface area contributed by atoms with Crippen LogP contribution < -0.4 is 4.90 Å². The summed E-state index contributed by atoms with van der Waals surface area (Å²) in [6, 6.07) is 9.88. The summed E-state index contributed by atoms with van der Waals surface area (Å²) in [5, 5.41) is 9.04. The van der Waals surface area contributed by atoms with Gasteiger partial charge in [-0.05, 0) is 25.0 Å². The Hall–Kier alpha value is -1.35.